The maximum Gasteiger partial charge on any atom is 0.123 e. The molecule has 4 heteroatoms. The zero-order valence-electron chi connectivity index (χ0n) is 10.8. The van der Waals surface area contributed by atoms with Gasteiger partial charge in [-0.1, -0.05) is 29.8 Å². The summed E-state index contributed by atoms with van der Waals surface area (Å²) in [6.07, 6.45) is 4.12. The number of rotatable bonds is 5. The maximum atomic E-state index is 6.05. The molecule has 0 fully saturated rings. The number of pyridine rings is 1. The van der Waals surface area contributed by atoms with Crippen molar-refractivity contribution in [2.24, 2.45) is 5.73 Å². The van der Waals surface area contributed by atoms with E-state index in [0.717, 1.165) is 23.3 Å². The number of benzene rings is 1. The first-order valence-electron chi connectivity index (χ1n) is 6.21. The highest BCUT2D eigenvalue weighted by Crippen LogP contribution is 2.22. The molecular weight excluding hydrogens is 260 g/mol. The monoisotopic (exact) mass is 276 g/mol. The molecule has 1 aromatic carbocycles. The first kappa shape index (κ1) is 13.8. The minimum Gasteiger partial charge on any atom is -0.489 e. The molecule has 0 aliphatic heterocycles. The highest BCUT2D eigenvalue weighted by molar-refractivity contribution is 6.31. The predicted octanol–water partition coefficient (Wildman–Crippen LogP) is 3.20. The lowest BCUT2D eigenvalue weighted by Crippen LogP contribution is -2.18. The number of hydrogen-bond acceptors (Lipinski definition) is 3. The third-order valence-electron chi connectivity index (χ3n) is 2.75. The molecule has 0 saturated carbocycles. The zero-order chi connectivity index (χ0) is 13.7. The van der Waals surface area contributed by atoms with E-state index in [9.17, 15) is 0 Å². The molecule has 0 spiro atoms. The maximum absolute atomic E-state index is 6.05. The fourth-order valence-corrected chi connectivity index (χ4v) is 2.01. The second-order valence-electron chi connectivity index (χ2n) is 4.54. The Morgan fingerprint density at radius 3 is 2.79 bits per heavy atom. The highest BCUT2D eigenvalue weighted by atomic mass is 35.5. The zero-order valence-corrected chi connectivity index (χ0v) is 11.6. The number of para-hydroxylation sites is 1. The number of halogens is 1. The average molecular weight is 277 g/mol. The molecule has 2 N–H and O–H groups in total. The molecule has 2 rings (SSSR count). The van der Waals surface area contributed by atoms with Crippen molar-refractivity contribution in [3.05, 3.63) is 58.9 Å². The van der Waals surface area contributed by atoms with Crippen LogP contribution in [0.4, 0.5) is 0 Å². The van der Waals surface area contributed by atoms with Crippen LogP contribution in [0.1, 0.15) is 18.1 Å². The van der Waals surface area contributed by atoms with Crippen LogP contribution in [0.2, 0.25) is 5.02 Å². The predicted molar refractivity (Wildman–Crippen MR) is 77.4 cm³/mol. The van der Waals surface area contributed by atoms with Crippen LogP contribution in [0.25, 0.3) is 0 Å². The van der Waals surface area contributed by atoms with E-state index in [-0.39, 0.29) is 6.04 Å². The Morgan fingerprint density at radius 1 is 1.26 bits per heavy atom. The summed E-state index contributed by atoms with van der Waals surface area (Å²) in [5.74, 6) is 0.854. The largest absolute Gasteiger partial charge is 0.489 e. The topological polar surface area (TPSA) is 48.1 Å². The molecule has 0 aliphatic carbocycles. The molecular formula is C15H17ClN2O. The Hall–Kier alpha value is -1.58. The molecule has 1 aromatic heterocycles. The van der Waals surface area contributed by atoms with Crippen molar-refractivity contribution >= 4 is 11.6 Å². The van der Waals surface area contributed by atoms with Gasteiger partial charge >= 0.3 is 0 Å². The molecule has 1 atom stereocenters. The Bertz CT molecular complexity index is 543. The summed E-state index contributed by atoms with van der Waals surface area (Å²) in [5, 5.41) is 0.618. The number of nitrogens with zero attached hydrogens (tertiary/aromatic N) is 1. The number of nitrogens with two attached hydrogens (primary N) is 1. The lowest BCUT2D eigenvalue weighted by atomic mass is 10.1. The molecule has 2 aromatic rings. The minimum atomic E-state index is 0.106. The van der Waals surface area contributed by atoms with Gasteiger partial charge in [-0.2, -0.15) is 0 Å². The molecule has 1 unspecified atom stereocenters. The van der Waals surface area contributed by atoms with E-state index in [2.05, 4.69) is 4.98 Å². The molecule has 0 saturated heterocycles. The average Bonchev–Trinajstić information content (AvgIpc) is 2.39. The van der Waals surface area contributed by atoms with Crippen LogP contribution < -0.4 is 10.5 Å². The van der Waals surface area contributed by atoms with Crippen molar-refractivity contribution in [3.63, 3.8) is 0 Å². The summed E-state index contributed by atoms with van der Waals surface area (Å²) >= 11 is 6.05. The first-order chi connectivity index (χ1) is 9.16. The Balaban J connectivity index is 2.09. The van der Waals surface area contributed by atoms with E-state index in [1.807, 2.05) is 37.3 Å². The summed E-state index contributed by atoms with van der Waals surface area (Å²) in [5.41, 5.74) is 7.88. The fourth-order valence-electron chi connectivity index (χ4n) is 1.84. The van der Waals surface area contributed by atoms with Crippen molar-refractivity contribution in [2.45, 2.75) is 26.0 Å². The van der Waals surface area contributed by atoms with Gasteiger partial charge in [0.15, 0.2) is 0 Å². The van der Waals surface area contributed by atoms with Gasteiger partial charge < -0.3 is 10.5 Å². The second-order valence-corrected chi connectivity index (χ2v) is 4.95. The highest BCUT2D eigenvalue weighted by Gasteiger charge is 2.07. The number of hydrogen-bond donors (Lipinski definition) is 1. The van der Waals surface area contributed by atoms with Crippen LogP contribution >= 0.6 is 11.6 Å². The Morgan fingerprint density at radius 2 is 2.05 bits per heavy atom. The van der Waals surface area contributed by atoms with E-state index < -0.39 is 0 Å². The molecule has 0 aliphatic rings. The van der Waals surface area contributed by atoms with Gasteiger partial charge in [0, 0.05) is 24.0 Å². The van der Waals surface area contributed by atoms with E-state index in [1.165, 1.54) is 0 Å². The fraction of sp³-hybridized carbons (Fsp3) is 0.267. The SMILES string of the molecule is CC(N)Cc1ccccc1OCc1ccncc1Cl. The lowest BCUT2D eigenvalue weighted by molar-refractivity contribution is 0.302. The van der Waals surface area contributed by atoms with Gasteiger partial charge in [-0.3, -0.25) is 4.98 Å². The van der Waals surface area contributed by atoms with Crippen LogP contribution in [-0.2, 0) is 13.0 Å². The van der Waals surface area contributed by atoms with Crippen molar-refractivity contribution in [2.75, 3.05) is 0 Å². The van der Waals surface area contributed by atoms with Crippen LogP contribution in [0, 0.1) is 0 Å². The van der Waals surface area contributed by atoms with Gasteiger partial charge in [0.2, 0.25) is 0 Å². The van der Waals surface area contributed by atoms with Gasteiger partial charge in [-0.15, -0.1) is 0 Å². The summed E-state index contributed by atoms with van der Waals surface area (Å²) in [4.78, 5) is 3.95. The number of aromatic nitrogens is 1. The van der Waals surface area contributed by atoms with Crippen molar-refractivity contribution in [3.8, 4) is 5.75 Å². The van der Waals surface area contributed by atoms with Crippen molar-refractivity contribution < 1.29 is 4.74 Å². The van der Waals surface area contributed by atoms with Crippen molar-refractivity contribution in [1.29, 1.82) is 0 Å². The summed E-state index contributed by atoms with van der Waals surface area (Å²) < 4.78 is 5.84. The minimum absolute atomic E-state index is 0.106. The summed E-state index contributed by atoms with van der Waals surface area (Å²) in [6.45, 7) is 2.41. The smallest absolute Gasteiger partial charge is 0.123 e. The van der Waals surface area contributed by atoms with Crippen LogP contribution in [-0.4, -0.2) is 11.0 Å². The van der Waals surface area contributed by atoms with Crippen LogP contribution in [0.5, 0.6) is 5.75 Å². The molecule has 3 nitrogen and oxygen atoms in total. The van der Waals surface area contributed by atoms with Gasteiger partial charge in [-0.05, 0) is 31.0 Å². The Kier molecular flexibility index (Phi) is 4.77. The molecule has 0 bridgehead atoms. The van der Waals surface area contributed by atoms with Gasteiger partial charge in [0.25, 0.3) is 0 Å². The third kappa shape index (κ3) is 3.94. The van der Waals surface area contributed by atoms with Crippen LogP contribution in [0.15, 0.2) is 42.7 Å². The van der Waals surface area contributed by atoms with Gasteiger partial charge in [0.05, 0.1) is 5.02 Å². The molecule has 0 amide bonds. The van der Waals surface area contributed by atoms with E-state index >= 15 is 0 Å². The number of ether oxygens (including phenoxy) is 1. The normalized spacial score (nSPS) is 12.2. The quantitative estimate of drug-likeness (QED) is 0.912. The standard InChI is InChI=1S/C15H17ClN2O/c1-11(17)8-12-4-2-3-5-15(12)19-10-13-6-7-18-9-14(13)16/h2-7,9,11H,8,10,17H2,1H3. The summed E-state index contributed by atoms with van der Waals surface area (Å²) in [6, 6.07) is 9.89. The second kappa shape index (κ2) is 6.55. The van der Waals surface area contributed by atoms with E-state index in [4.69, 9.17) is 22.1 Å². The lowest BCUT2D eigenvalue weighted by Gasteiger charge is -2.13. The third-order valence-corrected chi connectivity index (χ3v) is 3.09. The summed E-state index contributed by atoms with van der Waals surface area (Å²) in [7, 11) is 0. The van der Waals surface area contributed by atoms with Gasteiger partial charge in [0.1, 0.15) is 12.4 Å². The van der Waals surface area contributed by atoms with Crippen LogP contribution in [0.3, 0.4) is 0 Å². The molecule has 100 valence electrons. The first-order valence-corrected chi connectivity index (χ1v) is 6.59. The molecule has 0 radical (unpaired) electrons. The van der Waals surface area contributed by atoms with Crippen molar-refractivity contribution in [1.82, 2.24) is 4.98 Å². The Labute approximate surface area is 118 Å². The molecule has 1 heterocycles. The van der Waals surface area contributed by atoms with E-state index in [0.29, 0.717) is 11.6 Å². The molecule has 19 heavy (non-hydrogen) atoms. The van der Waals surface area contributed by atoms with E-state index in [1.54, 1.807) is 12.4 Å². The van der Waals surface area contributed by atoms with Gasteiger partial charge in [-0.25, -0.2) is 0 Å².